The molecule has 1 N–H and O–H groups in total. The quantitative estimate of drug-likeness (QED) is 0.199. The van der Waals surface area contributed by atoms with Crippen molar-refractivity contribution in [2.75, 3.05) is 17.7 Å². The van der Waals surface area contributed by atoms with Crippen LogP contribution in [0.2, 0.25) is 0 Å². The molecule has 3 aromatic rings. The molecule has 0 aliphatic heterocycles. The van der Waals surface area contributed by atoms with Gasteiger partial charge in [0.05, 0.1) is 17.9 Å². The molecule has 1 aliphatic rings. The average molecular weight is 508 g/mol. The van der Waals surface area contributed by atoms with E-state index in [2.05, 4.69) is 35.1 Å². The van der Waals surface area contributed by atoms with E-state index < -0.39 is 0 Å². The van der Waals surface area contributed by atoms with Crippen LogP contribution in [0.5, 0.6) is 5.75 Å². The Hall–Kier alpha value is -3.09. The number of thiophene rings is 1. The van der Waals surface area contributed by atoms with Crippen LogP contribution in [0.1, 0.15) is 48.6 Å². The lowest BCUT2D eigenvalue weighted by atomic mass is 9.96. The van der Waals surface area contributed by atoms with Crippen molar-refractivity contribution in [1.29, 1.82) is 5.26 Å². The molecule has 4 rings (SSSR count). The number of hydrogen-bond donors (Lipinski definition) is 1. The Kier molecular flexibility index (Phi) is 8.61. The van der Waals surface area contributed by atoms with E-state index in [4.69, 9.17) is 4.74 Å². The van der Waals surface area contributed by atoms with E-state index in [1.807, 2.05) is 28.8 Å². The number of thioether (sulfide) groups is 1. The minimum atomic E-state index is -0.159. The third kappa shape index (κ3) is 5.95. The molecule has 7 nitrogen and oxygen atoms in total. The Morgan fingerprint density at radius 2 is 2.11 bits per heavy atom. The van der Waals surface area contributed by atoms with Gasteiger partial charge in [0.25, 0.3) is 0 Å². The topological polar surface area (TPSA) is 92.8 Å². The molecular formula is C26H29N5O2S2. The van der Waals surface area contributed by atoms with Crippen LogP contribution < -0.4 is 10.1 Å². The van der Waals surface area contributed by atoms with Crippen LogP contribution in [-0.4, -0.2) is 33.0 Å². The Bertz CT molecular complexity index is 1220. The molecule has 0 bridgehead atoms. The summed E-state index contributed by atoms with van der Waals surface area (Å²) >= 11 is 2.86. The number of carbonyl (C=O) groups is 1. The number of aryl methyl sites for hydroxylation is 1. The highest BCUT2D eigenvalue weighted by molar-refractivity contribution is 7.99. The van der Waals surface area contributed by atoms with Crippen LogP contribution in [0, 0.1) is 11.3 Å². The van der Waals surface area contributed by atoms with Gasteiger partial charge in [-0.3, -0.25) is 9.36 Å². The lowest BCUT2D eigenvalue weighted by Crippen LogP contribution is -2.14. The summed E-state index contributed by atoms with van der Waals surface area (Å²) in [5.74, 6) is 1.56. The van der Waals surface area contributed by atoms with E-state index in [1.54, 1.807) is 6.08 Å². The zero-order valence-corrected chi connectivity index (χ0v) is 21.5. The van der Waals surface area contributed by atoms with E-state index in [0.717, 1.165) is 55.4 Å². The molecule has 0 radical (unpaired) electrons. The second-order valence-electron chi connectivity index (χ2n) is 8.30. The highest BCUT2D eigenvalue weighted by Crippen LogP contribution is 2.37. The number of nitrogens with zero attached hydrogens (tertiary/aromatic N) is 4. The van der Waals surface area contributed by atoms with Gasteiger partial charge in [0.2, 0.25) is 5.91 Å². The summed E-state index contributed by atoms with van der Waals surface area (Å²) in [4.78, 5) is 14.0. The number of ether oxygens (including phenoxy) is 1. The molecule has 0 spiro atoms. The second-order valence-corrected chi connectivity index (χ2v) is 10.3. The molecule has 0 fully saturated rings. The Labute approximate surface area is 214 Å². The van der Waals surface area contributed by atoms with E-state index in [1.165, 1.54) is 28.0 Å². The number of fused-ring (bicyclic) bond motifs is 1. The first-order chi connectivity index (χ1) is 17.1. The summed E-state index contributed by atoms with van der Waals surface area (Å²) in [5.41, 5.74) is 2.66. The van der Waals surface area contributed by atoms with Crippen molar-refractivity contribution in [2.24, 2.45) is 0 Å². The van der Waals surface area contributed by atoms with Gasteiger partial charge in [-0.2, -0.15) is 5.26 Å². The predicted octanol–water partition coefficient (Wildman–Crippen LogP) is 5.85. The van der Waals surface area contributed by atoms with Gasteiger partial charge in [-0.1, -0.05) is 31.2 Å². The maximum absolute atomic E-state index is 12.7. The summed E-state index contributed by atoms with van der Waals surface area (Å²) in [5, 5.41) is 22.6. The number of unbranched alkanes of at least 4 members (excludes halogenated alkanes) is 1. The molecule has 0 saturated heterocycles. The number of carbonyl (C=O) groups excluding carboxylic acids is 1. The minimum absolute atomic E-state index is 0.159. The summed E-state index contributed by atoms with van der Waals surface area (Å²) in [7, 11) is 0. The minimum Gasteiger partial charge on any atom is -0.494 e. The van der Waals surface area contributed by atoms with Crippen LogP contribution >= 0.6 is 23.1 Å². The van der Waals surface area contributed by atoms with Crippen molar-refractivity contribution in [3.8, 4) is 23.2 Å². The highest BCUT2D eigenvalue weighted by atomic mass is 32.2. The molecule has 0 atom stereocenters. The van der Waals surface area contributed by atoms with Gasteiger partial charge in [0, 0.05) is 17.0 Å². The van der Waals surface area contributed by atoms with Gasteiger partial charge in [0.1, 0.15) is 16.8 Å². The van der Waals surface area contributed by atoms with Crippen molar-refractivity contribution in [2.45, 2.75) is 57.1 Å². The Morgan fingerprint density at radius 1 is 1.31 bits per heavy atom. The lowest BCUT2D eigenvalue weighted by molar-refractivity contribution is -0.113. The van der Waals surface area contributed by atoms with Gasteiger partial charge in [-0.15, -0.1) is 28.1 Å². The van der Waals surface area contributed by atoms with Crippen LogP contribution in [0.4, 0.5) is 5.00 Å². The van der Waals surface area contributed by atoms with Gasteiger partial charge in [0.15, 0.2) is 11.0 Å². The number of benzene rings is 1. The van der Waals surface area contributed by atoms with Crippen LogP contribution in [0.3, 0.4) is 0 Å². The molecule has 1 amide bonds. The number of amides is 1. The summed E-state index contributed by atoms with van der Waals surface area (Å²) < 4.78 is 7.70. The molecule has 9 heteroatoms. The molecule has 2 heterocycles. The van der Waals surface area contributed by atoms with E-state index in [-0.39, 0.29) is 11.7 Å². The van der Waals surface area contributed by atoms with Gasteiger partial charge in [-0.05, 0) is 61.9 Å². The fourth-order valence-corrected chi connectivity index (χ4v) is 6.01. The van der Waals surface area contributed by atoms with Crippen molar-refractivity contribution in [3.63, 3.8) is 0 Å². The number of aromatic nitrogens is 3. The molecule has 0 unspecified atom stereocenters. The third-order valence-corrected chi connectivity index (χ3v) is 7.95. The smallest absolute Gasteiger partial charge is 0.235 e. The molecule has 1 aromatic carbocycles. The van der Waals surface area contributed by atoms with Gasteiger partial charge < -0.3 is 10.1 Å². The predicted molar refractivity (Wildman–Crippen MR) is 141 cm³/mol. The molecular weight excluding hydrogens is 478 g/mol. The van der Waals surface area contributed by atoms with Crippen LogP contribution in [0.15, 0.2) is 42.1 Å². The largest absolute Gasteiger partial charge is 0.494 e. The average Bonchev–Trinajstić information content (AvgIpc) is 3.44. The van der Waals surface area contributed by atoms with E-state index in [9.17, 15) is 10.1 Å². The zero-order chi connectivity index (χ0) is 24.6. The Morgan fingerprint density at radius 3 is 2.86 bits per heavy atom. The van der Waals surface area contributed by atoms with Gasteiger partial charge in [-0.25, -0.2) is 0 Å². The maximum Gasteiger partial charge on any atom is 0.235 e. The number of nitriles is 1. The maximum atomic E-state index is 12.7. The van der Waals surface area contributed by atoms with Crippen LogP contribution in [-0.2, 0) is 24.2 Å². The highest BCUT2D eigenvalue weighted by Gasteiger charge is 2.22. The standard InChI is InChI=1S/C26H29N5O2S2/c1-3-5-15-33-19-12-10-18(11-13-19)24-29-30-26(31(24)14-4-2)34-17-23(32)28-25-21(16-27)20-8-6-7-9-22(20)35-25/h4,10-13H,2-3,5-9,14-15,17H2,1H3,(H,28,32). The molecule has 2 aromatic heterocycles. The van der Waals surface area contributed by atoms with Gasteiger partial charge >= 0.3 is 0 Å². The number of nitrogens with one attached hydrogen (secondary N) is 1. The summed E-state index contributed by atoms with van der Waals surface area (Å²) in [6.45, 7) is 7.22. The number of allylic oxidation sites excluding steroid dienone is 1. The van der Waals surface area contributed by atoms with Crippen LogP contribution in [0.25, 0.3) is 11.4 Å². The number of rotatable bonds is 11. The number of anilines is 1. The number of hydrogen-bond acceptors (Lipinski definition) is 7. The fourth-order valence-electron chi connectivity index (χ4n) is 4.00. The first-order valence-corrected chi connectivity index (χ1v) is 13.7. The SMILES string of the molecule is C=CCn1c(SCC(=O)Nc2sc3c(c2C#N)CCCC3)nnc1-c1ccc(OCCCC)cc1. The van der Waals surface area contributed by atoms with E-state index in [0.29, 0.717) is 34.7 Å². The van der Waals surface area contributed by atoms with E-state index >= 15 is 0 Å². The summed E-state index contributed by atoms with van der Waals surface area (Å²) in [6.07, 6.45) is 8.03. The zero-order valence-electron chi connectivity index (χ0n) is 19.9. The normalized spacial score (nSPS) is 12.6. The van der Waals surface area contributed by atoms with Crippen molar-refractivity contribution in [1.82, 2.24) is 14.8 Å². The molecule has 182 valence electrons. The summed E-state index contributed by atoms with van der Waals surface area (Å²) in [6, 6.07) is 10.1. The first-order valence-electron chi connectivity index (χ1n) is 11.9. The monoisotopic (exact) mass is 507 g/mol. The second kappa shape index (κ2) is 12.0. The first kappa shape index (κ1) is 25.0. The van der Waals surface area contributed by atoms with Crippen molar-refractivity contribution >= 4 is 34.0 Å². The van der Waals surface area contributed by atoms with Crippen molar-refractivity contribution in [3.05, 3.63) is 52.9 Å². The molecule has 35 heavy (non-hydrogen) atoms. The molecule has 1 aliphatic carbocycles. The molecule has 0 saturated carbocycles. The lowest BCUT2D eigenvalue weighted by Gasteiger charge is -2.09. The fraction of sp³-hybridized carbons (Fsp3) is 0.385. The third-order valence-electron chi connectivity index (χ3n) is 5.78. The Balaban J connectivity index is 1.43. The van der Waals surface area contributed by atoms with Crippen molar-refractivity contribution < 1.29 is 9.53 Å².